The smallest absolute Gasteiger partial charge is 0.316 e. The van der Waals surface area contributed by atoms with Crippen LogP contribution in [0.4, 0.5) is 0 Å². The van der Waals surface area contributed by atoms with Crippen LogP contribution in [0.2, 0.25) is 5.02 Å². The van der Waals surface area contributed by atoms with Crippen LogP contribution in [0.15, 0.2) is 53.9 Å². The summed E-state index contributed by atoms with van der Waals surface area (Å²) in [5, 5.41) is 9.87. The molecular formula is C21H21ClN4O2S. The van der Waals surface area contributed by atoms with Gasteiger partial charge in [0, 0.05) is 23.0 Å². The third-order valence-corrected chi connectivity index (χ3v) is 5.93. The van der Waals surface area contributed by atoms with Crippen LogP contribution in [0.3, 0.4) is 0 Å². The van der Waals surface area contributed by atoms with Gasteiger partial charge in [-0.05, 0) is 56.0 Å². The Balaban J connectivity index is 1.56. The highest BCUT2D eigenvalue weighted by molar-refractivity contribution is 7.99. The maximum absolute atomic E-state index is 12.3. The Kier molecular flexibility index (Phi) is 6.46. The first-order chi connectivity index (χ1) is 14.2. The summed E-state index contributed by atoms with van der Waals surface area (Å²) in [6.07, 6.45) is 8.89. The van der Waals surface area contributed by atoms with Crippen molar-refractivity contribution in [1.82, 2.24) is 19.7 Å². The Bertz CT molecular complexity index is 974. The van der Waals surface area contributed by atoms with E-state index in [-0.39, 0.29) is 17.8 Å². The molecule has 29 heavy (non-hydrogen) atoms. The largest absolute Gasteiger partial charge is 0.462 e. The number of pyridine rings is 1. The van der Waals surface area contributed by atoms with Crippen molar-refractivity contribution in [1.29, 1.82) is 0 Å². The zero-order valence-corrected chi connectivity index (χ0v) is 17.4. The van der Waals surface area contributed by atoms with E-state index < -0.39 is 0 Å². The second kappa shape index (κ2) is 9.41. The zero-order valence-electron chi connectivity index (χ0n) is 15.8. The van der Waals surface area contributed by atoms with Crippen LogP contribution in [0, 0.1) is 0 Å². The minimum Gasteiger partial charge on any atom is -0.462 e. The van der Waals surface area contributed by atoms with Crippen molar-refractivity contribution in [2.75, 3.05) is 5.75 Å². The second-order valence-electron chi connectivity index (χ2n) is 6.90. The monoisotopic (exact) mass is 428 g/mol. The Morgan fingerprint density at radius 3 is 2.79 bits per heavy atom. The maximum Gasteiger partial charge on any atom is 0.316 e. The van der Waals surface area contributed by atoms with Gasteiger partial charge in [0.15, 0.2) is 11.0 Å². The van der Waals surface area contributed by atoms with Crippen LogP contribution in [0.5, 0.6) is 0 Å². The SMILES string of the molecule is O=C(CSc1nnc(-c2cccnc2)n1-c1cccc(Cl)c1)OC1CCCCC1. The lowest BCUT2D eigenvalue weighted by Crippen LogP contribution is -2.22. The summed E-state index contributed by atoms with van der Waals surface area (Å²) < 4.78 is 7.51. The zero-order chi connectivity index (χ0) is 20.1. The van der Waals surface area contributed by atoms with Crippen LogP contribution in [0.1, 0.15) is 32.1 Å². The van der Waals surface area contributed by atoms with Gasteiger partial charge in [-0.2, -0.15) is 0 Å². The highest BCUT2D eigenvalue weighted by atomic mass is 35.5. The number of aromatic nitrogens is 4. The lowest BCUT2D eigenvalue weighted by atomic mass is 9.98. The van der Waals surface area contributed by atoms with Gasteiger partial charge in [0.1, 0.15) is 6.10 Å². The molecule has 0 aliphatic heterocycles. The van der Waals surface area contributed by atoms with E-state index in [2.05, 4.69) is 15.2 Å². The first-order valence-electron chi connectivity index (χ1n) is 9.65. The first kappa shape index (κ1) is 19.9. The fourth-order valence-corrected chi connectivity index (χ4v) is 4.34. The number of ether oxygens (including phenoxy) is 1. The van der Waals surface area contributed by atoms with E-state index in [0.29, 0.717) is 16.0 Å². The second-order valence-corrected chi connectivity index (χ2v) is 8.28. The molecule has 1 aliphatic rings. The van der Waals surface area contributed by atoms with Crippen molar-refractivity contribution in [2.45, 2.75) is 43.4 Å². The Labute approximate surface area is 178 Å². The molecule has 0 amide bonds. The van der Waals surface area contributed by atoms with Gasteiger partial charge >= 0.3 is 5.97 Å². The Morgan fingerprint density at radius 1 is 1.17 bits per heavy atom. The molecule has 1 fully saturated rings. The van der Waals surface area contributed by atoms with Crippen molar-refractivity contribution in [2.24, 2.45) is 0 Å². The molecule has 150 valence electrons. The summed E-state index contributed by atoms with van der Waals surface area (Å²) in [5.41, 5.74) is 1.65. The molecule has 1 saturated carbocycles. The number of hydrogen-bond donors (Lipinski definition) is 0. The third kappa shape index (κ3) is 4.97. The average Bonchev–Trinajstić information content (AvgIpc) is 3.18. The minimum absolute atomic E-state index is 0.0496. The van der Waals surface area contributed by atoms with Crippen LogP contribution >= 0.6 is 23.4 Å². The van der Waals surface area contributed by atoms with E-state index >= 15 is 0 Å². The van der Waals surface area contributed by atoms with E-state index in [1.54, 1.807) is 12.4 Å². The lowest BCUT2D eigenvalue weighted by molar-refractivity contribution is -0.147. The molecule has 6 nitrogen and oxygen atoms in total. The molecule has 0 bridgehead atoms. The number of thioether (sulfide) groups is 1. The van der Waals surface area contributed by atoms with Crippen molar-refractivity contribution in [3.63, 3.8) is 0 Å². The maximum atomic E-state index is 12.3. The van der Waals surface area contributed by atoms with Gasteiger partial charge in [0.05, 0.1) is 11.4 Å². The summed E-state index contributed by atoms with van der Waals surface area (Å²) in [4.78, 5) is 16.5. The standard InChI is InChI=1S/C21H21ClN4O2S/c22-16-7-4-8-17(12-16)26-20(15-6-5-11-23-13-15)24-25-21(26)29-14-19(27)28-18-9-2-1-3-10-18/h4-8,11-13,18H,1-3,9-10,14H2. The number of carbonyl (C=O) groups excluding carboxylic acids is 1. The molecule has 0 unspecified atom stereocenters. The molecule has 2 aromatic heterocycles. The topological polar surface area (TPSA) is 69.9 Å². The molecule has 4 rings (SSSR count). The molecule has 1 aliphatic carbocycles. The summed E-state index contributed by atoms with van der Waals surface area (Å²) >= 11 is 7.51. The summed E-state index contributed by atoms with van der Waals surface area (Å²) in [7, 11) is 0. The summed E-state index contributed by atoms with van der Waals surface area (Å²) in [6, 6.07) is 11.2. The van der Waals surface area contributed by atoms with Crippen LogP contribution < -0.4 is 0 Å². The highest BCUT2D eigenvalue weighted by Gasteiger charge is 2.21. The van der Waals surface area contributed by atoms with Gasteiger partial charge in [0.2, 0.25) is 0 Å². The average molecular weight is 429 g/mol. The Morgan fingerprint density at radius 2 is 2.03 bits per heavy atom. The van der Waals surface area contributed by atoms with E-state index in [9.17, 15) is 4.79 Å². The summed E-state index contributed by atoms with van der Waals surface area (Å²) in [5.74, 6) is 0.608. The van der Waals surface area contributed by atoms with Crippen LogP contribution in [-0.2, 0) is 9.53 Å². The van der Waals surface area contributed by atoms with Gasteiger partial charge < -0.3 is 4.74 Å². The molecule has 0 saturated heterocycles. The minimum atomic E-state index is -0.217. The van der Waals surface area contributed by atoms with Crippen LogP contribution in [-0.4, -0.2) is 37.6 Å². The predicted octanol–water partition coefficient (Wildman–Crippen LogP) is 4.95. The predicted molar refractivity (Wildman–Crippen MR) is 113 cm³/mol. The molecule has 0 spiro atoms. The number of carbonyl (C=O) groups is 1. The van der Waals surface area contributed by atoms with Gasteiger partial charge in [0.25, 0.3) is 0 Å². The number of rotatable bonds is 6. The molecular weight excluding hydrogens is 408 g/mol. The van der Waals surface area contributed by atoms with Crippen molar-refractivity contribution >= 4 is 29.3 Å². The third-order valence-electron chi connectivity index (χ3n) is 4.79. The molecule has 3 aromatic rings. The quantitative estimate of drug-likeness (QED) is 0.408. The van der Waals surface area contributed by atoms with Gasteiger partial charge in [-0.15, -0.1) is 10.2 Å². The number of nitrogens with zero attached hydrogens (tertiary/aromatic N) is 4. The Hall–Kier alpha value is -2.38. The summed E-state index contributed by atoms with van der Waals surface area (Å²) in [6.45, 7) is 0. The molecule has 8 heteroatoms. The van der Waals surface area contributed by atoms with E-state index in [0.717, 1.165) is 36.9 Å². The van der Waals surface area contributed by atoms with E-state index in [1.165, 1.54) is 18.2 Å². The van der Waals surface area contributed by atoms with E-state index in [1.807, 2.05) is 41.0 Å². The fraction of sp³-hybridized carbons (Fsp3) is 0.333. The lowest BCUT2D eigenvalue weighted by Gasteiger charge is -2.21. The number of hydrogen-bond acceptors (Lipinski definition) is 6. The fourth-order valence-electron chi connectivity index (χ4n) is 3.42. The molecule has 0 N–H and O–H groups in total. The van der Waals surface area contributed by atoms with Gasteiger partial charge in [-0.3, -0.25) is 14.3 Å². The van der Waals surface area contributed by atoms with Crippen molar-refractivity contribution in [3.05, 3.63) is 53.8 Å². The normalized spacial score (nSPS) is 14.7. The molecule has 2 heterocycles. The number of benzene rings is 1. The first-order valence-corrected chi connectivity index (χ1v) is 11.0. The van der Waals surface area contributed by atoms with Gasteiger partial charge in [-0.25, -0.2) is 0 Å². The van der Waals surface area contributed by atoms with Crippen molar-refractivity contribution < 1.29 is 9.53 Å². The highest BCUT2D eigenvalue weighted by Crippen LogP contribution is 2.29. The van der Waals surface area contributed by atoms with Crippen molar-refractivity contribution in [3.8, 4) is 17.1 Å². The van der Waals surface area contributed by atoms with Gasteiger partial charge in [-0.1, -0.05) is 35.9 Å². The number of halogens is 1. The van der Waals surface area contributed by atoms with E-state index in [4.69, 9.17) is 16.3 Å². The number of esters is 1. The molecule has 0 radical (unpaired) electrons. The molecule has 1 aromatic carbocycles. The molecule has 0 atom stereocenters. The van der Waals surface area contributed by atoms with Crippen LogP contribution in [0.25, 0.3) is 17.1 Å².